The quantitative estimate of drug-likeness (QED) is 0.768. The molecule has 0 spiro atoms. The van der Waals surface area contributed by atoms with Gasteiger partial charge in [-0.2, -0.15) is 0 Å². The molecule has 116 valence electrons. The van der Waals surface area contributed by atoms with E-state index in [0.29, 0.717) is 5.92 Å². The number of hydrogen-bond donors (Lipinski definition) is 2. The fourth-order valence-corrected chi connectivity index (χ4v) is 4.61. The molecule has 3 aliphatic rings. The Labute approximate surface area is 128 Å². The molecule has 0 radical (unpaired) electrons. The topological polar surface area (TPSA) is 40.5 Å². The van der Waals surface area contributed by atoms with Crippen LogP contribution in [0.2, 0.25) is 0 Å². The average molecular weight is 288 g/mol. The second-order valence-corrected chi connectivity index (χ2v) is 7.44. The lowest BCUT2D eigenvalue weighted by atomic mass is 9.66. The maximum absolute atomic E-state index is 10.3. The number of aliphatic hydroxyl groups is 2. The zero-order chi connectivity index (χ0) is 15.0. The lowest BCUT2D eigenvalue weighted by molar-refractivity contribution is 0.0301. The van der Waals surface area contributed by atoms with E-state index in [1.54, 1.807) is 0 Å². The number of hydrogen-bond acceptors (Lipinski definition) is 2. The van der Waals surface area contributed by atoms with Crippen molar-refractivity contribution in [2.45, 2.75) is 70.5 Å². The van der Waals surface area contributed by atoms with Crippen molar-refractivity contribution in [1.82, 2.24) is 0 Å². The lowest BCUT2D eigenvalue weighted by Crippen LogP contribution is -2.36. The van der Waals surface area contributed by atoms with E-state index in [9.17, 15) is 10.2 Å². The van der Waals surface area contributed by atoms with Crippen LogP contribution in [0.25, 0.3) is 0 Å². The van der Waals surface area contributed by atoms with Gasteiger partial charge in [0.1, 0.15) is 0 Å². The summed E-state index contributed by atoms with van der Waals surface area (Å²) in [7, 11) is 0. The largest absolute Gasteiger partial charge is 0.393 e. The van der Waals surface area contributed by atoms with E-state index in [1.807, 2.05) is 0 Å². The second kappa shape index (κ2) is 5.73. The Bertz CT molecular complexity index is 488. The molecule has 3 aliphatic carbocycles. The van der Waals surface area contributed by atoms with Crippen LogP contribution in [0.1, 0.15) is 58.3 Å². The average Bonchev–Trinajstić information content (AvgIpc) is 2.76. The Morgan fingerprint density at radius 2 is 1.95 bits per heavy atom. The molecule has 2 nitrogen and oxygen atoms in total. The van der Waals surface area contributed by atoms with Gasteiger partial charge in [-0.15, -0.1) is 0 Å². The summed E-state index contributed by atoms with van der Waals surface area (Å²) in [5, 5.41) is 20.1. The molecule has 0 saturated heterocycles. The highest BCUT2D eigenvalue weighted by atomic mass is 16.3. The minimum atomic E-state index is -0.204. The van der Waals surface area contributed by atoms with E-state index in [2.05, 4.69) is 25.7 Å². The van der Waals surface area contributed by atoms with Gasteiger partial charge >= 0.3 is 0 Å². The first-order chi connectivity index (χ1) is 10.0. The van der Waals surface area contributed by atoms with Crippen LogP contribution >= 0.6 is 0 Å². The lowest BCUT2D eigenvalue weighted by Gasteiger charge is -2.40. The van der Waals surface area contributed by atoms with Crippen molar-refractivity contribution in [3.63, 3.8) is 0 Å². The zero-order valence-electron chi connectivity index (χ0n) is 13.1. The first kappa shape index (κ1) is 15.1. The summed E-state index contributed by atoms with van der Waals surface area (Å²) < 4.78 is 0. The van der Waals surface area contributed by atoms with E-state index in [4.69, 9.17) is 0 Å². The van der Waals surface area contributed by atoms with Crippen molar-refractivity contribution in [3.05, 3.63) is 35.5 Å². The third-order valence-electron chi connectivity index (χ3n) is 6.10. The monoisotopic (exact) mass is 288 g/mol. The van der Waals surface area contributed by atoms with Crippen molar-refractivity contribution in [2.24, 2.45) is 11.3 Å². The van der Waals surface area contributed by atoms with Gasteiger partial charge < -0.3 is 10.2 Å². The molecule has 0 heterocycles. The molecular formula is C19H28O2. The summed E-state index contributed by atoms with van der Waals surface area (Å²) in [6.45, 7) is 6.40. The summed E-state index contributed by atoms with van der Waals surface area (Å²) in [4.78, 5) is 0. The number of aliphatic hydroxyl groups excluding tert-OH is 2. The van der Waals surface area contributed by atoms with Crippen LogP contribution in [-0.2, 0) is 0 Å². The van der Waals surface area contributed by atoms with E-state index >= 15 is 0 Å². The van der Waals surface area contributed by atoms with Crippen molar-refractivity contribution in [3.8, 4) is 0 Å². The van der Waals surface area contributed by atoms with Crippen molar-refractivity contribution >= 4 is 0 Å². The number of rotatable bonds is 1. The molecule has 3 saturated carbocycles. The highest BCUT2D eigenvalue weighted by molar-refractivity contribution is 5.36. The van der Waals surface area contributed by atoms with Gasteiger partial charge in [-0.1, -0.05) is 36.8 Å². The Kier molecular flexibility index (Phi) is 4.11. The molecule has 2 N–H and O–H groups in total. The molecule has 3 rings (SSSR count). The van der Waals surface area contributed by atoms with Gasteiger partial charge in [0.2, 0.25) is 0 Å². The van der Waals surface area contributed by atoms with E-state index < -0.39 is 0 Å². The Morgan fingerprint density at radius 1 is 1.14 bits per heavy atom. The zero-order valence-corrected chi connectivity index (χ0v) is 13.1. The fraction of sp³-hybridized carbons (Fsp3) is 0.684. The third-order valence-corrected chi connectivity index (χ3v) is 6.10. The first-order valence-electron chi connectivity index (χ1n) is 8.44. The molecule has 0 aromatic rings. The van der Waals surface area contributed by atoms with Gasteiger partial charge in [-0.3, -0.25) is 0 Å². The standard InChI is InChI=1S/C19H28O2/c1-13-5-8-16(20)12-15(13)7-6-14-4-3-11-19(2)17(14)9-10-18(19)21/h6-7,16-18,20-21H,1,3-5,8-12H2,2H3/b14-6+,15-7-/t16-,17+,18-,19+/m1/s1. The minimum absolute atomic E-state index is 0.0890. The predicted molar refractivity (Wildman–Crippen MR) is 85.9 cm³/mol. The molecule has 0 unspecified atom stereocenters. The molecule has 3 fully saturated rings. The second-order valence-electron chi connectivity index (χ2n) is 7.44. The van der Waals surface area contributed by atoms with Crippen molar-refractivity contribution in [2.75, 3.05) is 0 Å². The molecular weight excluding hydrogens is 260 g/mol. The van der Waals surface area contributed by atoms with Gasteiger partial charge in [-0.25, -0.2) is 0 Å². The van der Waals surface area contributed by atoms with E-state index in [-0.39, 0.29) is 17.6 Å². The molecule has 4 atom stereocenters. The Morgan fingerprint density at radius 3 is 2.76 bits per heavy atom. The summed E-state index contributed by atoms with van der Waals surface area (Å²) in [5.74, 6) is 0.542. The third kappa shape index (κ3) is 2.76. The molecule has 0 amide bonds. The molecule has 2 heteroatoms. The van der Waals surface area contributed by atoms with E-state index in [0.717, 1.165) is 44.9 Å². The first-order valence-corrected chi connectivity index (χ1v) is 8.44. The molecule has 0 bridgehead atoms. The Hall–Kier alpha value is -0.860. The van der Waals surface area contributed by atoms with Gasteiger partial charge in [0.25, 0.3) is 0 Å². The number of allylic oxidation sites excluding steroid dienone is 4. The fourth-order valence-electron chi connectivity index (χ4n) is 4.61. The summed E-state index contributed by atoms with van der Waals surface area (Å²) in [5.41, 5.74) is 3.99. The summed E-state index contributed by atoms with van der Waals surface area (Å²) >= 11 is 0. The van der Waals surface area contributed by atoms with Gasteiger partial charge in [0.05, 0.1) is 12.2 Å². The molecule has 0 aliphatic heterocycles. The van der Waals surface area contributed by atoms with Crippen LogP contribution in [0, 0.1) is 11.3 Å². The van der Waals surface area contributed by atoms with Crippen LogP contribution in [-0.4, -0.2) is 22.4 Å². The maximum atomic E-state index is 10.3. The van der Waals surface area contributed by atoms with Gasteiger partial charge in [0.15, 0.2) is 0 Å². The normalized spacial score (nSPS) is 44.3. The highest BCUT2D eigenvalue weighted by Gasteiger charge is 2.48. The summed E-state index contributed by atoms with van der Waals surface area (Å²) in [6, 6.07) is 0. The van der Waals surface area contributed by atoms with Crippen LogP contribution in [0.5, 0.6) is 0 Å². The van der Waals surface area contributed by atoms with Crippen LogP contribution < -0.4 is 0 Å². The summed E-state index contributed by atoms with van der Waals surface area (Å²) in [6.07, 6.45) is 12.2. The number of fused-ring (bicyclic) bond motifs is 1. The predicted octanol–water partition coefficient (Wildman–Crippen LogP) is 3.90. The molecule has 0 aromatic carbocycles. The minimum Gasteiger partial charge on any atom is -0.393 e. The van der Waals surface area contributed by atoms with Crippen LogP contribution in [0.15, 0.2) is 35.5 Å². The van der Waals surface area contributed by atoms with Gasteiger partial charge in [0, 0.05) is 5.41 Å². The van der Waals surface area contributed by atoms with E-state index in [1.165, 1.54) is 23.1 Å². The molecule has 21 heavy (non-hydrogen) atoms. The highest BCUT2D eigenvalue weighted by Crippen LogP contribution is 2.54. The van der Waals surface area contributed by atoms with Crippen molar-refractivity contribution in [1.29, 1.82) is 0 Å². The maximum Gasteiger partial charge on any atom is 0.0599 e. The van der Waals surface area contributed by atoms with Crippen LogP contribution in [0.3, 0.4) is 0 Å². The van der Waals surface area contributed by atoms with Crippen molar-refractivity contribution < 1.29 is 10.2 Å². The van der Waals surface area contributed by atoms with Gasteiger partial charge in [-0.05, 0) is 62.9 Å². The smallest absolute Gasteiger partial charge is 0.0599 e. The SMILES string of the molecule is C=C1CC[C@@H](O)C/C1=C/C=C1\CCC[C@]2(C)[C@H](O)CC[C@@H]12. The molecule has 0 aromatic heterocycles. The van der Waals surface area contributed by atoms with Crippen LogP contribution in [0.4, 0.5) is 0 Å². The Balaban J connectivity index is 1.81.